The van der Waals surface area contributed by atoms with Crippen molar-refractivity contribution in [2.45, 2.75) is 44.2 Å². The highest BCUT2D eigenvalue weighted by Gasteiger charge is 2.59. The highest BCUT2D eigenvalue weighted by molar-refractivity contribution is 5.87. The quantitative estimate of drug-likeness (QED) is 0.797. The maximum atomic E-state index is 12.0. The number of benzene rings is 1. The minimum Gasteiger partial charge on any atom is -0.459 e. The van der Waals surface area contributed by atoms with Crippen molar-refractivity contribution in [2.24, 2.45) is 5.73 Å². The lowest BCUT2D eigenvalue weighted by atomic mass is 10.1. The molecule has 1 aliphatic carbocycles. The molecule has 2 N–H and O–H groups in total. The van der Waals surface area contributed by atoms with Crippen molar-refractivity contribution in [2.75, 3.05) is 0 Å². The molecule has 0 heterocycles. The lowest BCUT2D eigenvalue weighted by molar-refractivity contribution is -0.157. The molecular formula is C14H19NO2. The third kappa shape index (κ3) is 2.50. The summed E-state index contributed by atoms with van der Waals surface area (Å²) in [6, 6.07) is 9.89. The fourth-order valence-corrected chi connectivity index (χ4v) is 1.98. The zero-order valence-corrected chi connectivity index (χ0v) is 10.6. The molecule has 17 heavy (non-hydrogen) atoms. The molecule has 0 amide bonds. The van der Waals surface area contributed by atoms with Gasteiger partial charge in [0.25, 0.3) is 0 Å². The first-order valence-corrected chi connectivity index (χ1v) is 5.90. The highest BCUT2D eigenvalue weighted by Crippen LogP contribution is 2.50. The fourth-order valence-electron chi connectivity index (χ4n) is 1.98. The number of rotatable bonds is 2. The van der Waals surface area contributed by atoms with Gasteiger partial charge < -0.3 is 10.5 Å². The summed E-state index contributed by atoms with van der Waals surface area (Å²) in [4.78, 5) is 12.0. The summed E-state index contributed by atoms with van der Waals surface area (Å²) in [5, 5.41) is 0. The Morgan fingerprint density at radius 3 is 2.47 bits per heavy atom. The van der Waals surface area contributed by atoms with Crippen LogP contribution in [0.15, 0.2) is 30.3 Å². The van der Waals surface area contributed by atoms with Gasteiger partial charge in [-0.05, 0) is 32.8 Å². The second kappa shape index (κ2) is 3.84. The molecule has 0 unspecified atom stereocenters. The van der Waals surface area contributed by atoms with E-state index in [0.717, 1.165) is 5.56 Å². The molecule has 0 saturated heterocycles. The standard InChI is InChI=1S/C14H19NO2/c1-13(2,3)17-12(16)14(15)9-11(14)10-7-5-4-6-8-10/h4-8,11H,9,15H2,1-3H3/t11-,14-/m0/s1. The Labute approximate surface area is 102 Å². The van der Waals surface area contributed by atoms with Gasteiger partial charge in [-0.2, -0.15) is 0 Å². The summed E-state index contributed by atoms with van der Waals surface area (Å²) in [6.07, 6.45) is 0.673. The second-order valence-corrected chi connectivity index (χ2v) is 5.71. The van der Waals surface area contributed by atoms with Crippen LogP contribution in [-0.4, -0.2) is 17.1 Å². The van der Waals surface area contributed by atoms with E-state index in [0.29, 0.717) is 6.42 Å². The van der Waals surface area contributed by atoms with E-state index in [2.05, 4.69) is 0 Å². The number of hydrogen-bond acceptors (Lipinski definition) is 3. The first kappa shape index (κ1) is 12.1. The summed E-state index contributed by atoms with van der Waals surface area (Å²) in [7, 11) is 0. The molecule has 0 aromatic heterocycles. The van der Waals surface area contributed by atoms with Crippen LogP contribution in [0.2, 0.25) is 0 Å². The number of esters is 1. The Hall–Kier alpha value is -1.35. The largest absolute Gasteiger partial charge is 0.459 e. The first-order chi connectivity index (χ1) is 7.83. The smallest absolute Gasteiger partial charge is 0.327 e. The van der Waals surface area contributed by atoms with Gasteiger partial charge in [-0.25, -0.2) is 0 Å². The molecule has 1 aromatic carbocycles. The summed E-state index contributed by atoms with van der Waals surface area (Å²) in [5.74, 6) is -0.197. The number of carbonyl (C=O) groups is 1. The Kier molecular flexibility index (Phi) is 2.74. The molecule has 3 heteroatoms. The minimum atomic E-state index is -0.825. The van der Waals surface area contributed by atoms with Crippen molar-refractivity contribution in [1.29, 1.82) is 0 Å². The van der Waals surface area contributed by atoms with Crippen LogP contribution < -0.4 is 5.73 Å². The normalized spacial score (nSPS) is 27.6. The fraction of sp³-hybridized carbons (Fsp3) is 0.500. The maximum absolute atomic E-state index is 12.0. The summed E-state index contributed by atoms with van der Waals surface area (Å²) < 4.78 is 5.35. The number of ether oxygens (including phenoxy) is 1. The van der Waals surface area contributed by atoms with Gasteiger partial charge in [0.2, 0.25) is 0 Å². The van der Waals surface area contributed by atoms with Crippen LogP contribution >= 0.6 is 0 Å². The van der Waals surface area contributed by atoms with Gasteiger partial charge in [-0.1, -0.05) is 30.3 Å². The van der Waals surface area contributed by atoms with Gasteiger partial charge in [0, 0.05) is 5.92 Å². The van der Waals surface area contributed by atoms with Crippen molar-refractivity contribution < 1.29 is 9.53 Å². The van der Waals surface area contributed by atoms with Crippen LogP contribution in [0.25, 0.3) is 0 Å². The number of carbonyl (C=O) groups excluding carboxylic acids is 1. The van der Waals surface area contributed by atoms with Crippen LogP contribution in [0.3, 0.4) is 0 Å². The first-order valence-electron chi connectivity index (χ1n) is 5.90. The second-order valence-electron chi connectivity index (χ2n) is 5.71. The van der Waals surface area contributed by atoms with Gasteiger partial charge in [-0.3, -0.25) is 4.79 Å². The minimum absolute atomic E-state index is 0.0959. The average Bonchev–Trinajstić information content (AvgIpc) is 2.91. The zero-order chi connectivity index (χ0) is 12.7. The van der Waals surface area contributed by atoms with Crippen LogP contribution in [0.4, 0.5) is 0 Å². The predicted octanol–water partition coefficient (Wildman–Crippen LogP) is 2.21. The topological polar surface area (TPSA) is 52.3 Å². The Bertz CT molecular complexity index is 422. The van der Waals surface area contributed by atoms with Gasteiger partial charge in [0.15, 0.2) is 0 Å². The molecule has 0 bridgehead atoms. The number of hydrogen-bond donors (Lipinski definition) is 1. The van der Waals surface area contributed by atoms with E-state index in [4.69, 9.17) is 10.5 Å². The van der Waals surface area contributed by atoms with Crippen molar-refractivity contribution in [3.63, 3.8) is 0 Å². The van der Waals surface area contributed by atoms with Gasteiger partial charge in [0.05, 0.1) is 0 Å². The lowest BCUT2D eigenvalue weighted by Crippen LogP contribution is -2.40. The SMILES string of the molecule is CC(C)(C)OC(=O)[C@]1(N)C[C@H]1c1ccccc1. The van der Waals surface area contributed by atoms with E-state index in [1.165, 1.54) is 0 Å². The molecule has 2 atom stereocenters. The van der Waals surface area contributed by atoms with Crippen molar-refractivity contribution in [1.82, 2.24) is 0 Å². The molecule has 0 spiro atoms. The molecule has 1 aliphatic rings. The van der Waals surface area contributed by atoms with Crippen molar-refractivity contribution >= 4 is 5.97 Å². The molecule has 1 saturated carbocycles. The monoisotopic (exact) mass is 233 g/mol. The van der Waals surface area contributed by atoms with Crippen molar-refractivity contribution in [3.05, 3.63) is 35.9 Å². The maximum Gasteiger partial charge on any atom is 0.327 e. The Morgan fingerprint density at radius 1 is 1.35 bits per heavy atom. The lowest BCUT2D eigenvalue weighted by Gasteiger charge is -2.22. The van der Waals surface area contributed by atoms with Crippen LogP contribution in [0.5, 0.6) is 0 Å². The van der Waals surface area contributed by atoms with E-state index in [-0.39, 0.29) is 11.9 Å². The van der Waals surface area contributed by atoms with E-state index < -0.39 is 11.1 Å². The Morgan fingerprint density at radius 2 is 1.94 bits per heavy atom. The molecule has 2 rings (SSSR count). The van der Waals surface area contributed by atoms with E-state index in [1.54, 1.807) is 0 Å². The summed E-state index contributed by atoms with van der Waals surface area (Å²) >= 11 is 0. The van der Waals surface area contributed by atoms with Crippen LogP contribution in [0.1, 0.15) is 38.7 Å². The zero-order valence-electron chi connectivity index (χ0n) is 10.6. The molecule has 1 fully saturated rings. The van der Waals surface area contributed by atoms with E-state index in [9.17, 15) is 4.79 Å². The van der Waals surface area contributed by atoms with E-state index in [1.807, 2.05) is 51.1 Å². The van der Waals surface area contributed by atoms with E-state index >= 15 is 0 Å². The van der Waals surface area contributed by atoms with Gasteiger partial charge >= 0.3 is 5.97 Å². The van der Waals surface area contributed by atoms with Crippen LogP contribution in [-0.2, 0) is 9.53 Å². The summed E-state index contributed by atoms with van der Waals surface area (Å²) in [6.45, 7) is 5.57. The Balaban J connectivity index is 2.07. The molecular weight excluding hydrogens is 214 g/mol. The summed E-state index contributed by atoms with van der Waals surface area (Å²) in [5.41, 5.74) is 5.91. The van der Waals surface area contributed by atoms with Crippen molar-refractivity contribution in [3.8, 4) is 0 Å². The van der Waals surface area contributed by atoms with Crippen LogP contribution in [0, 0.1) is 0 Å². The van der Waals surface area contributed by atoms with Gasteiger partial charge in [0.1, 0.15) is 11.1 Å². The molecule has 0 aliphatic heterocycles. The molecule has 0 radical (unpaired) electrons. The number of nitrogens with two attached hydrogens (primary N) is 1. The molecule has 3 nitrogen and oxygen atoms in total. The molecule has 1 aromatic rings. The average molecular weight is 233 g/mol. The third-order valence-corrected chi connectivity index (χ3v) is 2.98. The van der Waals surface area contributed by atoms with Gasteiger partial charge in [-0.15, -0.1) is 0 Å². The highest BCUT2D eigenvalue weighted by atomic mass is 16.6. The molecule has 92 valence electrons. The third-order valence-electron chi connectivity index (χ3n) is 2.98. The predicted molar refractivity (Wildman–Crippen MR) is 66.6 cm³/mol.